The molecule has 2 aromatic rings. The van der Waals surface area contributed by atoms with Crippen molar-refractivity contribution in [2.45, 2.75) is 26.2 Å². The number of fused-ring (bicyclic) bond motifs is 3. The molecule has 0 radical (unpaired) electrons. The molecule has 2 nitrogen and oxygen atoms in total. The molecule has 0 amide bonds. The molecule has 3 rings (SSSR count). The van der Waals surface area contributed by atoms with Gasteiger partial charge in [0.15, 0.2) is 0 Å². The van der Waals surface area contributed by atoms with Crippen LogP contribution in [0, 0.1) is 0 Å². The first kappa shape index (κ1) is 8.72. The van der Waals surface area contributed by atoms with Crippen LogP contribution in [0.1, 0.15) is 24.0 Å². The molecule has 1 aliphatic rings. The normalized spacial score (nSPS) is 13.4. The van der Waals surface area contributed by atoms with Crippen LogP contribution in [-0.4, -0.2) is 9.55 Å². The van der Waals surface area contributed by atoms with E-state index < -0.39 is 0 Å². The van der Waals surface area contributed by atoms with Crippen molar-refractivity contribution in [3.05, 3.63) is 47.5 Å². The van der Waals surface area contributed by atoms with E-state index >= 15 is 0 Å². The minimum Gasteiger partial charge on any atom is -0.300 e. The second-order valence-corrected chi connectivity index (χ2v) is 3.98. The number of hydrogen-bond acceptors (Lipinski definition) is 1. The molecule has 0 saturated heterocycles. The first-order valence-electron chi connectivity index (χ1n) is 5.54. The van der Waals surface area contributed by atoms with Crippen LogP contribution in [0.4, 0.5) is 0 Å². The number of nitrogens with zero attached hydrogens (tertiary/aromatic N) is 2. The third kappa shape index (κ3) is 1.21. The predicted octanol–water partition coefficient (Wildman–Crippen LogP) is 2.53. The molecule has 0 aliphatic carbocycles. The minimum absolute atomic E-state index is 0.994. The maximum atomic E-state index is 4.48. The van der Waals surface area contributed by atoms with Gasteiger partial charge in [0, 0.05) is 18.3 Å². The molecule has 15 heavy (non-hydrogen) atoms. The molecule has 0 bridgehead atoms. The molecule has 1 aromatic heterocycles. The van der Waals surface area contributed by atoms with E-state index in [2.05, 4.69) is 40.7 Å². The van der Waals surface area contributed by atoms with E-state index in [1.807, 2.05) is 6.20 Å². The molecule has 76 valence electrons. The van der Waals surface area contributed by atoms with Crippen LogP contribution in [0.3, 0.4) is 0 Å². The molecule has 1 aromatic carbocycles. The average Bonchev–Trinajstić information content (AvgIpc) is 2.72. The lowest BCUT2D eigenvalue weighted by atomic mass is 10.0. The zero-order chi connectivity index (χ0) is 10.3. The largest absolute Gasteiger partial charge is 0.300 e. The number of benzene rings is 1. The smallest absolute Gasteiger partial charge is 0.113 e. The quantitative estimate of drug-likeness (QED) is 0.688. The van der Waals surface area contributed by atoms with E-state index in [1.165, 1.54) is 22.8 Å². The average molecular weight is 198 g/mol. The van der Waals surface area contributed by atoms with E-state index in [1.54, 1.807) is 0 Å². The molecule has 0 atom stereocenters. The van der Waals surface area contributed by atoms with Crippen LogP contribution in [0.2, 0.25) is 0 Å². The summed E-state index contributed by atoms with van der Waals surface area (Å²) in [5.74, 6) is 1.18. The summed E-state index contributed by atoms with van der Waals surface area (Å²) in [6, 6.07) is 8.64. The molecule has 2 heterocycles. The highest BCUT2D eigenvalue weighted by atomic mass is 15.1. The van der Waals surface area contributed by atoms with Gasteiger partial charge in [0.2, 0.25) is 0 Å². The molecule has 0 N–H and O–H groups in total. The molecule has 0 unspecified atom stereocenters. The second kappa shape index (κ2) is 3.23. The Kier molecular flexibility index (Phi) is 1.88. The highest BCUT2D eigenvalue weighted by Gasteiger charge is 2.17. The lowest BCUT2D eigenvalue weighted by molar-refractivity contribution is 0.771. The highest BCUT2D eigenvalue weighted by Crippen LogP contribution is 2.26. The van der Waals surface area contributed by atoms with Gasteiger partial charge in [0.1, 0.15) is 5.82 Å². The molecule has 0 fully saturated rings. The first-order valence-corrected chi connectivity index (χ1v) is 5.54. The van der Waals surface area contributed by atoms with Crippen molar-refractivity contribution in [2.75, 3.05) is 0 Å². The Morgan fingerprint density at radius 2 is 2.13 bits per heavy atom. The van der Waals surface area contributed by atoms with Crippen LogP contribution in [0.5, 0.6) is 0 Å². The summed E-state index contributed by atoms with van der Waals surface area (Å²) in [5, 5.41) is 0. The van der Waals surface area contributed by atoms with Gasteiger partial charge >= 0.3 is 0 Å². The maximum Gasteiger partial charge on any atom is 0.113 e. The standard InChI is InChI=1S/C13H14N2/c1-2-13-14-9-11-8-7-10-5-3-4-6-12(10)15(11)13/h3-6,9H,2,7-8H2,1H3. The molecule has 0 spiro atoms. The van der Waals surface area contributed by atoms with E-state index in [4.69, 9.17) is 0 Å². The van der Waals surface area contributed by atoms with Crippen LogP contribution < -0.4 is 0 Å². The van der Waals surface area contributed by atoms with E-state index in [-0.39, 0.29) is 0 Å². The lowest BCUT2D eigenvalue weighted by Crippen LogP contribution is -2.13. The van der Waals surface area contributed by atoms with Crippen molar-refractivity contribution < 1.29 is 0 Å². The van der Waals surface area contributed by atoms with E-state index in [9.17, 15) is 0 Å². The van der Waals surface area contributed by atoms with E-state index in [0.717, 1.165) is 19.3 Å². The lowest BCUT2D eigenvalue weighted by Gasteiger charge is -2.20. The topological polar surface area (TPSA) is 17.8 Å². The number of aromatic nitrogens is 2. The fourth-order valence-electron chi connectivity index (χ4n) is 2.35. The molecule has 2 heteroatoms. The Morgan fingerprint density at radius 1 is 1.27 bits per heavy atom. The van der Waals surface area contributed by atoms with Crippen LogP contribution in [-0.2, 0) is 19.3 Å². The summed E-state index contributed by atoms with van der Waals surface area (Å²) in [7, 11) is 0. The Balaban J connectivity index is 2.27. The number of hydrogen-bond donors (Lipinski definition) is 0. The predicted molar refractivity (Wildman–Crippen MR) is 60.4 cm³/mol. The van der Waals surface area contributed by atoms with Gasteiger partial charge in [-0.2, -0.15) is 0 Å². The van der Waals surface area contributed by atoms with Crippen LogP contribution >= 0.6 is 0 Å². The van der Waals surface area contributed by atoms with E-state index in [0.29, 0.717) is 0 Å². The van der Waals surface area contributed by atoms with Gasteiger partial charge < -0.3 is 4.57 Å². The first-order chi connectivity index (χ1) is 7.40. The summed E-state index contributed by atoms with van der Waals surface area (Å²) in [6.07, 6.45) is 5.28. The fraction of sp³-hybridized carbons (Fsp3) is 0.308. The second-order valence-electron chi connectivity index (χ2n) is 3.98. The Labute approximate surface area is 89.6 Å². The van der Waals surface area contributed by atoms with Crippen molar-refractivity contribution in [3.63, 3.8) is 0 Å². The maximum absolute atomic E-state index is 4.48. The minimum atomic E-state index is 0.994. The van der Waals surface area contributed by atoms with Gasteiger partial charge in [0.25, 0.3) is 0 Å². The van der Waals surface area contributed by atoms with Gasteiger partial charge in [0.05, 0.1) is 5.69 Å². The Hall–Kier alpha value is -1.57. The molecular formula is C13H14N2. The number of rotatable bonds is 1. The third-order valence-electron chi connectivity index (χ3n) is 3.11. The summed E-state index contributed by atoms with van der Waals surface area (Å²) < 4.78 is 2.32. The molecular weight excluding hydrogens is 184 g/mol. The number of imidazole rings is 1. The zero-order valence-corrected chi connectivity index (χ0v) is 8.90. The van der Waals surface area contributed by atoms with Crippen molar-refractivity contribution in [1.82, 2.24) is 9.55 Å². The van der Waals surface area contributed by atoms with Crippen molar-refractivity contribution >= 4 is 0 Å². The molecule has 1 aliphatic heterocycles. The summed E-state index contributed by atoms with van der Waals surface area (Å²) >= 11 is 0. The third-order valence-corrected chi connectivity index (χ3v) is 3.11. The zero-order valence-electron chi connectivity index (χ0n) is 8.90. The summed E-state index contributed by atoms with van der Waals surface area (Å²) in [6.45, 7) is 2.16. The number of para-hydroxylation sites is 1. The highest BCUT2D eigenvalue weighted by molar-refractivity contribution is 5.46. The van der Waals surface area contributed by atoms with Gasteiger partial charge in [-0.3, -0.25) is 0 Å². The molecule has 0 saturated carbocycles. The van der Waals surface area contributed by atoms with Gasteiger partial charge in [-0.25, -0.2) is 4.98 Å². The Bertz CT molecular complexity index is 483. The summed E-state index contributed by atoms with van der Waals surface area (Å²) in [5.41, 5.74) is 4.12. The van der Waals surface area contributed by atoms with Crippen LogP contribution in [0.15, 0.2) is 30.5 Å². The van der Waals surface area contributed by atoms with Gasteiger partial charge in [-0.1, -0.05) is 25.1 Å². The van der Waals surface area contributed by atoms with Crippen LogP contribution in [0.25, 0.3) is 5.69 Å². The monoisotopic (exact) mass is 198 g/mol. The van der Waals surface area contributed by atoms with Crippen molar-refractivity contribution in [3.8, 4) is 5.69 Å². The summed E-state index contributed by atoms with van der Waals surface area (Å²) in [4.78, 5) is 4.48. The number of aryl methyl sites for hydroxylation is 3. The van der Waals surface area contributed by atoms with Gasteiger partial charge in [-0.15, -0.1) is 0 Å². The fourth-order valence-corrected chi connectivity index (χ4v) is 2.35. The van der Waals surface area contributed by atoms with Crippen molar-refractivity contribution in [2.24, 2.45) is 0 Å². The Morgan fingerprint density at radius 3 is 3.00 bits per heavy atom. The SMILES string of the molecule is CCc1ncc2n1-c1ccccc1CC2. The van der Waals surface area contributed by atoms with Crippen molar-refractivity contribution in [1.29, 1.82) is 0 Å². The van der Waals surface area contributed by atoms with Gasteiger partial charge in [-0.05, 0) is 24.5 Å².